The average Bonchev–Trinajstić information content (AvgIpc) is 3.24. The van der Waals surface area contributed by atoms with E-state index in [2.05, 4.69) is 15.5 Å². The van der Waals surface area contributed by atoms with Gasteiger partial charge in [0.1, 0.15) is 11.6 Å². The molecule has 0 aliphatic rings. The molecule has 11 heteroatoms. The number of amides is 1. The Balaban J connectivity index is 1.57. The number of aryl methyl sites for hydroxylation is 1. The van der Waals surface area contributed by atoms with Crippen molar-refractivity contribution in [1.82, 2.24) is 14.8 Å². The minimum atomic E-state index is -3.58. The summed E-state index contributed by atoms with van der Waals surface area (Å²) in [6.07, 6.45) is 1.76. The molecule has 1 amide bonds. The summed E-state index contributed by atoms with van der Waals surface area (Å²) in [6, 6.07) is 13.2. The summed E-state index contributed by atoms with van der Waals surface area (Å²) >= 11 is 1.17. The molecular weight excluding hydrogens is 500 g/mol. The third-order valence-electron chi connectivity index (χ3n) is 5.28. The van der Waals surface area contributed by atoms with E-state index in [1.165, 1.54) is 11.8 Å². The number of hydrogen-bond donors (Lipinski definition) is 1. The van der Waals surface area contributed by atoms with Crippen molar-refractivity contribution in [2.45, 2.75) is 56.0 Å². The van der Waals surface area contributed by atoms with Crippen LogP contribution in [-0.2, 0) is 31.7 Å². The number of aromatic nitrogens is 3. The van der Waals surface area contributed by atoms with Gasteiger partial charge in [-0.2, -0.15) is 0 Å². The first-order valence-corrected chi connectivity index (χ1v) is 14.3. The maximum absolute atomic E-state index is 12.8. The van der Waals surface area contributed by atoms with Crippen molar-refractivity contribution in [2.75, 3.05) is 17.7 Å². The van der Waals surface area contributed by atoms with Crippen LogP contribution in [0, 0.1) is 6.92 Å². The van der Waals surface area contributed by atoms with E-state index in [9.17, 15) is 18.0 Å². The molecule has 36 heavy (non-hydrogen) atoms. The van der Waals surface area contributed by atoms with E-state index in [1.807, 2.05) is 20.8 Å². The van der Waals surface area contributed by atoms with Gasteiger partial charge >= 0.3 is 5.97 Å². The monoisotopic (exact) mass is 530 g/mol. The summed E-state index contributed by atoms with van der Waals surface area (Å²) in [6.45, 7) is 6.62. The van der Waals surface area contributed by atoms with Gasteiger partial charge in [-0.3, -0.25) is 4.79 Å². The summed E-state index contributed by atoms with van der Waals surface area (Å²) in [5.74, 6) is -0.559. The smallest absolute Gasteiger partial charge is 0.338 e. The maximum Gasteiger partial charge on any atom is 0.338 e. The molecule has 0 saturated heterocycles. The van der Waals surface area contributed by atoms with Crippen molar-refractivity contribution in [3.63, 3.8) is 0 Å². The molecule has 192 valence electrons. The molecule has 0 bridgehead atoms. The molecule has 0 saturated carbocycles. The number of hydrogen-bond acceptors (Lipinski definition) is 8. The molecular formula is C25H30N4O5S2. The van der Waals surface area contributed by atoms with Gasteiger partial charge in [0.25, 0.3) is 0 Å². The van der Waals surface area contributed by atoms with Crippen LogP contribution in [0.15, 0.2) is 58.6 Å². The Labute approximate surface area is 215 Å². The zero-order chi connectivity index (χ0) is 26.1. The van der Waals surface area contributed by atoms with Gasteiger partial charge in [-0.05, 0) is 56.7 Å². The van der Waals surface area contributed by atoms with Crippen molar-refractivity contribution in [2.24, 2.45) is 0 Å². The van der Waals surface area contributed by atoms with Crippen molar-refractivity contribution < 1.29 is 22.7 Å². The number of benzene rings is 2. The van der Waals surface area contributed by atoms with Gasteiger partial charge < -0.3 is 14.6 Å². The lowest BCUT2D eigenvalue weighted by molar-refractivity contribution is -0.113. The Morgan fingerprint density at radius 1 is 1.03 bits per heavy atom. The van der Waals surface area contributed by atoms with Gasteiger partial charge in [0.2, 0.25) is 5.91 Å². The van der Waals surface area contributed by atoms with E-state index in [4.69, 9.17) is 4.74 Å². The highest BCUT2D eigenvalue weighted by Gasteiger charge is 2.21. The second kappa shape index (κ2) is 12.7. The summed E-state index contributed by atoms with van der Waals surface area (Å²) in [4.78, 5) is 24.7. The molecule has 0 aliphatic carbocycles. The molecule has 0 fully saturated rings. The fourth-order valence-corrected chi connectivity index (χ4v) is 5.35. The Bertz CT molecular complexity index is 1290. The van der Waals surface area contributed by atoms with Crippen LogP contribution in [0.2, 0.25) is 0 Å². The molecule has 2 aromatic carbocycles. The Morgan fingerprint density at radius 2 is 1.72 bits per heavy atom. The van der Waals surface area contributed by atoms with Crippen molar-refractivity contribution in [3.05, 3.63) is 65.5 Å². The first-order chi connectivity index (χ1) is 17.2. The van der Waals surface area contributed by atoms with Crippen molar-refractivity contribution in [3.8, 4) is 0 Å². The van der Waals surface area contributed by atoms with Crippen LogP contribution >= 0.6 is 11.8 Å². The van der Waals surface area contributed by atoms with Crippen LogP contribution in [0.3, 0.4) is 0 Å². The van der Waals surface area contributed by atoms with E-state index in [0.29, 0.717) is 35.4 Å². The minimum absolute atomic E-state index is 0.0592. The molecule has 0 unspecified atom stereocenters. The van der Waals surface area contributed by atoms with Gasteiger partial charge in [-0.25, -0.2) is 13.2 Å². The number of nitrogens with one attached hydrogen (secondary N) is 1. The highest BCUT2D eigenvalue weighted by Crippen LogP contribution is 2.22. The lowest BCUT2D eigenvalue weighted by atomic mass is 10.2. The molecule has 0 radical (unpaired) electrons. The van der Waals surface area contributed by atoms with E-state index >= 15 is 0 Å². The van der Waals surface area contributed by atoms with Gasteiger partial charge in [-0.1, -0.05) is 42.8 Å². The SMILES string of the molecule is CCCCOC(=O)c1ccc(NC(=O)CSc2nnc(CS(=O)(=O)c3ccc(C)cc3)n2CC)cc1. The topological polar surface area (TPSA) is 120 Å². The van der Waals surface area contributed by atoms with Gasteiger partial charge in [-0.15, -0.1) is 10.2 Å². The van der Waals surface area contributed by atoms with Gasteiger partial charge in [0.05, 0.1) is 22.8 Å². The van der Waals surface area contributed by atoms with E-state index in [0.717, 1.165) is 18.4 Å². The van der Waals surface area contributed by atoms with Gasteiger partial charge in [0.15, 0.2) is 15.0 Å². The molecule has 3 aromatic rings. The fraction of sp³-hybridized carbons (Fsp3) is 0.360. The van der Waals surface area contributed by atoms with Gasteiger partial charge in [0, 0.05) is 12.2 Å². The molecule has 3 rings (SSSR count). The Kier molecular flexibility index (Phi) is 9.65. The van der Waals surface area contributed by atoms with Crippen molar-refractivity contribution in [1.29, 1.82) is 0 Å². The number of carbonyl (C=O) groups is 2. The molecule has 0 spiro atoms. The summed E-state index contributed by atoms with van der Waals surface area (Å²) in [5, 5.41) is 11.4. The van der Waals surface area contributed by atoms with Crippen LogP contribution in [0.25, 0.3) is 0 Å². The number of nitrogens with zero attached hydrogens (tertiary/aromatic N) is 3. The first-order valence-electron chi connectivity index (χ1n) is 11.6. The lowest BCUT2D eigenvalue weighted by Crippen LogP contribution is -2.15. The number of sulfone groups is 1. The summed E-state index contributed by atoms with van der Waals surface area (Å²) in [7, 11) is -3.58. The fourth-order valence-electron chi connectivity index (χ4n) is 3.26. The second-order valence-electron chi connectivity index (χ2n) is 8.12. The largest absolute Gasteiger partial charge is 0.462 e. The molecule has 1 N–H and O–H groups in total. The number of ether oxygens (including phenoxy) is 1. The number of thioether (sulfide) groups is 1. The van der Waals surface area contributed by atoms with E-state index in [1.54, 1.807) is 53.1 Å². The summed E-state index contributed by atoms with van der Waals surface area (Å²) in [5.41, 5.74) is 1.94. The van der Waals surface area contributed by atoms with Crippen LogP contribution < -0.4 is 5.32 Å². The number of carbonyl (C=O) groups excluding carboxylic acids is 2. The Hall–Kier alpha value is -3.18. The lowest BCUT2D eigenvalue weighted by Gasteiger charge is -2.09. The molecule has 0 atom stereocenters. The van der Waals surface area contributed by atoms with Crippen LogP contribution in [0.1, 0.15) is 48.4 Å². The predicted octanol–water partition coefficient (Wildman–Crippen LogP) is 4.27. The van der Waals surface area contributed by atoms with E-state index in [-0.39, 0.29) is 22.3 Å². The standard InChI is InChI=1S/C25H30N4O5S2/c1-4-6-15-34-24(31)19-9-11-20(12-10-19)26-23(30)16-35-25-28-27-22(29(25)5-2)17-36(32,33)21-13-7-18(3)8-14-21/h7-14H,4-6,15-17H2,1-3H3,(H,26,30). The third kappa shape index (κ3) is 7.41. The van der Waals surface area contributed by atoms with E-state index < -0.39 is 15.8 Å². The molecule has 9 nitrogen and oxygen atoms in total. The first kappa shape index (κ1) is 27.4. The zero-order valence-corrected chi connectivity index (χ0v) is 22.2. The summed E-state index contributed by atoms with van der Waals surface area (Å²) < 4.78 is 32.5. The minimum Gasteiger partial charge on any atom is -0.462 e. The number of esters is 1. The number of rotatable bonds is 12. The Morgan fingerprint density at radius 3 is 2.36 bits per heavy atom. The predicted molar refractivity (Wildman–Crippen MR) is 139 cm³/mol. The molecule has 1 aromatic heterocycles. The maximum atomic E-state index is 12.8. The quantitative estimate of drug-likeness (QED) is 0.209. The van der Waals surface area contributed by atoms with Crippen LogP contribution in [0.4, 0.5) is 5.69 Å². The third-order valence-corrected chi connectivity index (χ3v) is 7.87. The number of unbranched alkanes of at least 4 members (excludes halogenated alkanes) is 1. The highest BCUT2D eigenvalue weighted by atomic mass is 32.2. The second-order valence-corrected chi connectivity index (χ2v) is 11.1. The van der Waals surface area contributed by atoms with Crippen molar-refractivity contribution >= 4 is 39.2 Å². The average molecular weight is 531 g/mol. The molecule has 1 heterocycles. The highest BCUT2D eigenvalue weighted by molar-refractivity contribution is 7.99. The zero-order valence-electron chi connectivity index (χ0n) is 20.6. The molecule has 0 aliphatic heterocycles. The normalized spacial score (nSPS) is 11.3. The number of anilines is 1. The van der Waals surface area contributed by atoms with Crippen LogP contribution in [0.5, 0.6) is 0 Å². The van der Waals surface area contributed by atoms with Crippen LogP contribution in [-0.4, -0.2) is 47.4 Å².